The molecule has 2 rings (SSSR count). The van der Waals surface area contributed by atoms with E-state index in [1.807, 2.05) is 25.1 Å². The molecule has 4 heteroatoms. The topological polar surface area (TPSA) is 52.1 Å². The predicted octanol–water partition coefficient (Wildman–Crippen LogP) is 4.84. The Bertz CT molecular complexity index is 777. The van der Waals surface area contributed by atoms with Gasteiger partial charge in [0.25, 0.3) is 0 Å². The summed E-state index contributed by atoms with van der Waals surface area (Å²) < 4.78 is 4.97. The molecule has 1 aromatic carbocycles. The molecule has 0 radical (unpaired) electrons. The Kier molecular flexibility index (Phi) is 5.71. The highest BCUT2D eigenvalue weighted by molar-refractivity contribution is 5.92. The van der Waals surface area contributed by atoms with E-state index in [9.17, 15) is 4.79 Å². The number of hydrogen-bond donors (Lipinski definition) is 0. The third kappa shape index (κ3) is 3.99. The fourth-order valence-corrected chi connectivity index (χ4v) is 2.62. The lowest BCUT2D eigenvalue weighted by Crippen LogP contribution is -2.06. The van der Waals surface area contributed by atoms with Crippen molar-refractivity contribution in [2.45, 2.75) is 53.4 Å². The molecular weight excluding hydrogens is 300 g/mol. The van der Waals surface area contributed by atoms with Gasteiger partial charge in [0.15, 0.2) is 0 Å². The molecular formula is C20H26N2O2. The summed E-state index contributed by atoms with van der Waals surface area (Å²) in [7, 11) is 0. The number of ether oxygens (including phenoxy) is 1. The Morgan fingerprint density at radius 1 is 1.08 bits per heavy atom. The number of hydrogen-bond acceptors (Lipinski definition) is 4. The van der Waals surface area contributed by atoms with Crippen molar-refractivity contribution >= 4 is 22.6 Å². The summed E-state index contributed by atoms with van der Waals surface area (Å²) in [6.07, 6.45) is 1.52. The Hall–Kier alpha value is -2.23. The lowest BCUT2D eigenvalue weighted by molar-refractivity contribution is -0.137. The number of nitrogens with zero attached hydrogens (tertiary/aromatic N) is 2. The number of carbonyl (C=O) groups is 1. The van der Waals surface area contributed by atoms with Crippen LogP contribution in [0.25, 0.3) is 16.6 Å². The van der Waals surface area contributed by atoms with Gasteiger partial charge in [-0.1, -0.05) is 33.8 Å². The minimum absolute atomic E-state index is 0.319. The van der Waals surface area contributed by atoms with Crippen LogP contribution in [0.3, 0.4) is 0 Å². The molecule has 1 heterocycles. The van der Waals surface area contributed by atoms with E-state index in [4.69, 9.17) is 14.7 Å². The first kappa shape index (κ1) is 18.1. The maximum Gasteiger partial charge on any atom is 0.331 e. The van der Waals surface area contributed by atoms with E-state index in [-0.39, 0.29) is 5.97 Å². The van der Waals surface area contributed by atoms with Crippen LogP contribution in [0.5, 0.6) is 0 Å². The van der Waals surface area contributed by atoms with Gasteiger partial charge in [0.1, 0.15) is 0 Å². The number of carbonyl (C=O) groups excluding carboxylic acids is 1. The molecule has 1 aromatic heterocycles. The van der Waals surface area contributed by atoms with Gasteiger partial charge in [0.2, 0.25) is 0 Å². The Morgan fingerprint density at radius 2 is 1.67 bits per heavy atom. The second-order valence-electron chi connectivity index (χ2n) is 6.59. The first-order valence-corrected chi connectivity index (χ1v) is 8.50. The van der Waals surface area contributed by atoms with Gasteiger partial charge in [-0.2, -0.15) is 0 Å². The molecule has 0 amide bonds. The monoisotopic (exact) mass is 326 g/mol. The quantitative estimate of drug-likeness (QED) is 0.582. The summed E-state index contributed by atoms with van der Waals surface area (Å²) in [6.45, 7) is 12.6. The molecule has 0 spiro atoms. The molecule has 0 N–H and O–H groups in total. The van der Waals surface area contributed by atoms with Crippen LogP contribution in [0.2, 0.25) is 0 Å². The summed E-state index contributed by atoms with van der Waals surface area (Å²) >= 11 is 0. The number of benzene rings is 1. The fraction of sp³-hybridized carbons (Fsp3) is 0.450. The van der Waals surface area contributed by atoms with Crippen LogP contribution >= 0.6 is 0 Å². The van der Waals surface area contributed by atoms with Crippen molar-refractivity contribution in [2.24, 2.45) is 0 Å². The van der Waals surface area contributed by atoms with Gasteiger partial charge < -0.3 is 4.74 Å². The molecule has 2 aromatic rings. The van der Waals surface area contributed by atoms with Gasteiger partial charge in [-0.25, -0.2) is 14.8 Å². The number of aromatic nitrogens is 2. The highest BCUT2D eigenvalue weighted by Gasteiger charge is 2.15. The molecule has 0 bridgehead atoms. The highest BCUT2D eigenvalue weighted by atomic mass is 16.5. The molecule has 0 unspecified atom stereocenters. The SMILES string of the molecule is CCOC(=O)C=C(C)c1ccc2nc(C(C)C)c(C(C)C)nc2c1. The van der Waals surface area contributed by atoms with Crippen LogP contribution < -0.4 is 0 Å². The average molecular weight is 326 g/mol. The maximum absolute atomic E-state index is 11.6. The van der Waals surface area contributed by atoms with E-state index >= 15 is 0 Å². The fourth-order valence-electron chi connectivity index (χ4n) is 2.62. The zero-order valence-corrected chi connectivity index (χ0v) is 15.4. The van der Waals surface area contributed by atoms with Gasteiger partial charge in [0, 0.05) is 6.08 Å². The van der Waals surface area contributed by atoms with Crippen molar-refractivity contribution in [3.05, 3.63) is 41.2 Å². The molecule has 128 valence electrons. The molecule has 0 aliphatic rings. The van der Waals surface area contributed by atoms with E-state index in [0.29, 0.717) is 18.4 Å². The van der Waals surface area contributed by atoms with E-state index in [1.165, 1.54) is 6.08 Å². The third-order valence-corrected chi connectivity index (χ3v) is 3.89. The average Bonchev–Trinajstić information content (AvgIpc) is 2.52. The summed E-state index contributed by atoms with van der Waals surface area (Å²) in [5.74, 6) is 0.336. The van der Waals surface area contributed by atoms with Crippen LogP contribution in [-0.2, 0) is 9.53 Å². The highest BCUT2D eigenvalue weighted by Crippen LogP contribution is 2.27. The van der Waals surface area contributed by atoms with Crippen LogP contribution in [0.1, 0.15) is 70.3 Å². The van der Waals surface area contributed by atoms with Crippen molar-refractivity contribution in [1.29, 1.82) is 0 Å². The smallest absolute Gasteiger partial charge is 0.331 e. The van der Waals surface area contributed by atoms with Crippen LogP contribution in [0.4, 0.5) is 0 Å². The standard InChI is InChI=1S/C20H26N2O2/c1-7-24-18(23)10-14(6)15-8-9-16-17(11-15)22-20(13(4)5)19(21-16)12(2)3/h8-13H,7H2,1-6H3. The first-order valence-electron chi connectivity index (χ1n) is 8.50. The molecule has 4 nitrogen and oxygen atoms in total. The number of rotatable bonds is 5. The van der Waals surface area contributed by atoms with Crippen molar-refractivity contribution in [3.8, 4) is 0 Å². The van der Waals surface area contributed by atoms with Crippen LogP contribution in [0.15, 0.2) is 24.3 Å². The third-order valence-electron chi connectivity index (χ3n) is 3.89. The second kappa shape index (κ2) is 7.56. The zero-order valence-electron chi connectivity index (χ0n) is 15.4. The Morgan fingerprint density at radius 3 is 2.21 bits per heavy atom. The largest absolute Gasteiger partial charge is 0.463 e. The second-order valence-corrected chi connectivity index (χ2v) is 6.59. The van der Waals surface area contributed by atoms with Gasteiger partial charge >= 0.3 is 5.97 Å². The van der Waals surface area contributed by atoms with E-state index in [1.54, 1.807) is 6.92 Å². The summed E-state index contributed by atoms with van der Waals surface area (Å²) in [6, 6.07) is 5.93. The minimum atomic E-state index is -0.320. The molecule has 0 aliphatic carbocycles. The van der Waals surface area contributed by atoms with E-state index in [2.05, 4.69) is 27.7 Å². The minimum Gasteiger partial charge on any atom is -0.463 e. The molecule has 24 heavy (non-hydrogen) atoms. The Balaban J connectivity index is 2.51. The van der Waals surface area contributed by atoms with Crippen molar-refractivity contribution in [3.63, 3.8) is 0 Å². The summed E-state index contributed by atoms with van der Waals surface area (Å²) in [5.41, 5.74) is 5.66. The molecule has 0 saturated carbocycles. The molecule has 0 saturated heterocycles. The Labute approximate surface area is 144 Å². The van der Waals surface area contributed by atoms with E-state index < -0.39 is 0 Å². The predicted molar refractivity (Wildman–Crippen MR) is 98.0 cm³/mol. The van der Waals surface area contributed by atoms with Crippen molar-refractivity contribution in [2.75, 3.05) is 6.61 Å². The summed E-state index contributed by atoms with van der Waals surface area (Å²) in [4.78, 5) is 21.3. The zero-order chi connectivity index (χ0) is 17.9. The van der Waals surface area contributed by atoms with Crippen LogP contribution in [0, 0.1) is 0 Å². The van der Waals surface area contributed by atoms with Gasteiger partial charge in [-0.05, 0) is 49.0 Å². The van der Waals surface area contributed by atoms with Crippen LogP contribution in [-0.4, -0.2) is 22.5 Å². The maximum atomic E-state index is 11.6. The summed E-state index contributed by atoms with van der Waals surface area (Å²) in [5, 5.41) is 0. The van der Waals surface area contributed by atoms with Gasteiger partial charge in [-0.3, -0.25) is 0 Å². The molecule has 0 aliphatic heterocycles. The lowest BCUT2D eigenvalue weighted by Gasteiger charge is -2.15. The number of fused-ring (bicyclic) bond motifs is 1. The van der Waals surface area contributed by atoms with Gasteiger partial charge in [-0.15, -0.1) is 0 Å². The van der Waals surface area contributed by atoms with E-state index in [0.717, 1.165) is 33.6 Å². The normalized spacial score (nSPS) is 12.2. The molecule has 0 atom stereocenters. The molecule has 0 fully saturated rings. The number of esters is 1. The van der Waals surface area contributed by atoms with Crippen molar-refractivity contribution < 1.29 is 9.53 Å². The van der Waals surface area contributed by atoms with Crippen molar-refractivity contribution in [1.82, 2.24) is 9.97 Å². The number of allylic oxidation sites excluding steroid dienone is 1. The van der Waals surface area contributed by atoms with Gasteiger partial charge in [0.05, 0.1) is 29.0 Å². The lowest BCUT2D eigenvalue weighted by atomic mass is 9.99. The first-order chi connectivity index (χ1) is 11.3.